The molecular formula is C42H64O15. The van der Waals surface area contributed by atoms with E-state index >= 15 is 0 Å². The van der Waals surface area contributed by atoms with E-state index in [9.17, 15) is 15.0 Å². The van der Waals surface area contributed by atoms with Crippen molar-refractivity contribution >= 4 is 5.97 Å². The first kappa shape index (κ1) is 42.0. The molecule has 0 aromatic rings. The molecule has 2 aliphatic carbocycles. The minimum atomic E-state index is -1.13. The minimum Gasteiger partial charge on any atom is -0.469 e. The number of esters is 1. The quantitative estimate of drug-likeness (QED) is 0.256. The summed E-state index contributed by atoms with van der Waals surface area (Å²) < 4.78 is 73.4. The number of ether oxygens (including phenoxy) is 12. The van der Waals surface area contributed by atoms with Crippen molar-refractivity contribution in [1.29, 1.82) is 0 Å². The molecule has 0 radical (unpaired) electrons. The summed E-state index contributed by atoms with van der Waals surface area (Å²) in [7, 11) is 4.74. The van der Waals surface area contributed by atoms with Crippen LogP contribution in [0.3, 0.4) is 0 Å². The van der Waals surface area contributed by atoms with Crippen LogP contribution >= 0.6 is 0 Å². The fourth-order valence-electron chi connectivity index (χ4n) is 11.3. The van der Waals surface area contributed by atoms with Crippen LogP contribution in [0.2, 0.25) is 0 Å². The molecule has 15 nitrogen and oxygen atoms in total. The Bertz CT molecular complexity index is 1510. The zero-order chi connectivity index (χ0) is 40.4. The number of fused-ring (bicyclic) bond motifs is 3. The summed E-state index contributed by atoms with van der Waals surface area (Å²) in [6, 6.07) is 0. The van der Waals surface area contributed by atoms with Crippen LogP contribution in [-0.2, 0) is 61.6 Å². The lowest BCUT2D eigenvalue weighted by Crippen LogP contribution is -2.61. The van der Waals surface area contributed by atoms with Gasteiger partial charge in [0.05, 0.1) is 61.3 Å². The molecule has 20 atom stereocenters. The highest BCUT2D eigenvalue weighted by molar-refractivity contribution is 5.74. The summed E-state index contributed by atoms with van der Waals surface area (Å²) in [6.45, 7) is 10.2. The Morgan fingerprint density at radius 3 is 2.25 bits per heavy atom. The molecule has 2 N–H and O–H groups in total. The zero-order valence-electron chi connectivity index (χ0n) is 34.6. The van der Waals surface area contributed by atoms with Crippen LogP contribution in [-0.4, -0.2) is 142 Å². The molecule has 1 unspecified atom stereocenters. The Balaban J connectivity index is 0.877. The van der Waals surface area contributed by atoms with Crippen molar-refractivity contribution in [3.05, 3.63) is 23.5 Å². The zero-order valence-corrected chi connectivity index (χ0v) is 34.6. The second kappa shape index (κ2) is 16.6. The number of allylic oxidation sites excluding steroid dienone is 1. The molecule has 5 saturated heterocycles. The number of rotatable bonds is 9. The summed E-state index contributed by atoms with van der Waals surface area (Å²) >= 11 is 0. The summed E-state index contributed by atoms with van der Waals surface area (Å²) in [5.41, 5.74) is 2.27. The number of methoxy groups -OCH3 is 3. The van der Waals surface area contributed by atoms with Crippen LogP contribution in [0, 0.1) is 23.2 Å². The van der Waals surface area contributed by atoms with Gasteiger partial charge in [-0.2, -0.15) is 0 Å². The van der Waals surface area contributed by atoms with E-state index in [0.29, 0.717) is 32.3 Å². The maximum atomic E-state index is 13.7. The Morgan fingerprint density at radius 1 is 0.807 bits per heavy atom. The van der Waals surface area contributed by atoms with Gasteiger partial charge in [0.2, 0.25) is 5.79 Å². The van der Waals surface area contributed by atoms with Crippen molar-refractivity contribution in [1.82, 2.24) is 0 Å². The summed E-state index contributed by atoms with van der Waals surface area (Å²) in [5.74, 6) is -1.07. The molecule has 8 aliphatic rings. The highest BCUT2D eigenvalue weighted by Crippen LogP contribution is 2.57. The van der Waals surface area contributed by atoms with Gasteiger partial charge < -0.3 is 67.1 Å². The number of aliphatic hydroxyl groups excluding tert-OH is 2. The van der Waals surface area contributed by atoms with Crippen molar-refractivity contribution < 1.29 is 71.8 Å². The molecule has 1 saturated carbocycles. The lowest BCUT2D eigenvalue weighted by molar-refractivity contribution is -0.353. The molecule has 0 amide bonds. The van der Waals surface area contributed by atoms with Gasteiger partial charge in [-0.05, 0) is 76.2 Å². The van der Waals surface area contributed by atoms with Crippen molar-refractivity contribution in [2.75, 3.05) is 27.9 Å². The van der Waals surface area contributed by atoms with E-state index in [-0.39, 0.29) is 47.4 Å². The number of carbonyl (C=O) groups is 1. The van der Waals surface area contributed by atoms with Crippen molar-refractivity contribution in [2.45, 2.75) is 184 Å². The van der Waals surface area contributed by atoms with Gasteiger partial charge >= 0.3 is 5.97 Å². The van der Waals surface area contributed by atoms with E-state index in [1.807, 2.05) is 27.0 Å². The lowest BCUT2D eigenvalue weighted by atomic mass is 9.55. The Kier molecular flexibility index (Phi) is 12.2. The van der Waals surface area contributed by atoms with E-state index in [4.69, 9.17) is 56.8 Å². The first-order chi connectivity index (χ1) is 27.3. The van der Waals surface area contributed by atoms with Crippen LogP contribution in [0.25, 0.3) is 0 Å². The third-order valence-corrected chi connectivity index (χ3v) is 14.6. The molecule has 6 heterocycles. The van der Waals surface area contributed by atoms with Gasteiger partial charge in [0.1, 0.15) is 36.6 Å². The molecule has 8 rings (SSSR count). The standard InChI is InChI=1S/C42H64O15/c1-20-34(43)28(46-6)16-31(51-20)56-36-21(2)52-32(17-29(36)47-7)57-37-22(3)53-40(35(44)38(37)48-8)54-25-13-14-41(4)24(15-25)10-11-26-27(41)12-9-23-18-49-42(5)33(23)30(19-50-42)55-39(26)45/h10,18,20-22,25-38,40,43-44H,9,11-17,19H2,1-8H3/t20-,21-,22-,25+,26?,27+,28+,29+,30-,31+,32+,33-,34-,35-,36-,37-,38-,40+,41+,42+/m1/s1. The smallest absolute Gasteiger partial charge is 0.309 e. The Hall–Kier alpha value is -1.73. The first-order valence-electron chi connectivity index (χ1n) is 21.0. The normalized spacial score (nSPS) is 51.2. The first-order valence-corrected chi connectivity index (χ1v) is 21.0. The third kappa shape index (κ3) is 7.76. The fourth-order valence-corrected chi connectivity index (χ4v) is 11.3. The Labute approximate surface area is 335 Å². The second-order valence-corrected chi connectivity index (χ2v) is 17.9. The highest BCUT2D eigenvalue weighted by Gasteiger charge is 2.58. The van der Waals surface area contributed by atoms with Crippen LogP contribution < -0.4 is 0 Å². The Morgan fingerprint density at radius 2 is 1.51 bits per heavy atom. The van der Waals surface area contributed by atoms with Crippen molar-refractivity contribution in [3.63, 3.8) is 0 Å². The van der Waals surface area contributed by atoms with Gasteiger partial charge in [-0.3, -0.25) is 4.79 Å². The van der Waals surface area contributed by atoms with Crippen molar-refractivity contribution in [3.8, 4) is 0 Å². The molecule has 322 valence electrons. The largest absolute Gasteiger partial charge is 0.469 e. The van der Waals surface area contributed by atoms with E-state index in [1.54, 1.807) is 28.3 Å². The van der Waals surface area contributed by atoms with E-state index < -0.39 is 79.6 Å². The van der Waals surface area contributed by atoms with Gasteiger partial charge in [-0.25, -0.2) is 0 Å². The summed E-state index contributed by atoms with van der Waals surface area (Å²) in [5, 5.41) is 22.0. The van der Waals surface area contributed by atoms with E-state index in [2.05, 4.69) is 13.0 Å². The van der Waals surface area contributed by atoms with Gasteiger partial charge in [-0.1, -0.05) is 18.6 Å². The van der Waals surface area contributed by atoms with Gasteiger partial charge in [0, 0.05) is 41.1 Å². The number of hydrogen-bond acceptors (Lipinski definition) is 15. The minimum absolute atomic E-state index is 0.0721. The molecule has 15 heteroatoms. The molecule has 57 heavy (non-hydrogen) atoms. The monoisotopic (exact) mass is 808 g/mol. The van der Waals surface area contributed by atoms with Gasteiger partial charge in [0.25, 0.3) is 0 Å². The van der Waals surface area contributed by atoms with Crippen LogP contribution in [0.15, 0.2) is 23.5 Å². The molecular weight excluding hydrogens is 744 g/mol. The van der Waals surface area contributed by atoms with E-state index in [0.717, 1.165) is 25.7 Å². The lowest BCUT2D eigenvalue weighted by Gasteiger charge is -2.51. The second-order valence-electron chi connectivity index (χ2n) is 17.9. The molecule has 6 aliphatic heterocycles. The van der Waals surface area contributed by atoms with Crippen LogP contribution in [0.4, 0.5) is 0 Å². The van der Waals surface area contributed by atoms with Crippen molar-refractivity contribution in [2.24, 2.45) is 23.2 Å². The van der Waals surface area contributed by atoms with Crippen LogP contribution in [0.5, 0.6) is 0 Å². The number of aliphatic hydroxyl groups is 2. The molecule has 0 bridgehead atoms. The maximum Gasteiger partial charge on any atom is 0.309 e. The average molecular weight is 809 g/mol. The SMILES string of the molecule is CO[C@@H]1[C@@H](O)[C@H](O[C@H]2CC[C@@]3(C)C(=CCC4C(=O)O[C@@H]5CO[C@]6(C)OC=C(CC[C@@H]43)[C@H]56)C2)O[C@H](C)[C@H]1O[C@H]1C[C@H](OC)[C@H](O[C@H]2C[C@H](OC)[C@H](O)[C@@H](C)O2)[C@@H](C)O1. The van der Waals surface area contributed by atoms with Crippen LogP contribution in [0.1, 0.15) is 86.0 Å². The third-order valence-electron chi connectivity index (χ3n) is 14.6. The molecule has 0 aromatic heterocycles. The fraction of sp³-hybridized carbons (Fsp3) is 0.881. The molecule has 0 aromatic carbocycles. The predicted molar refractivity (Wildman–Crippen MR) is 199 cm³/mol. The number of hydrogen-bond donors (Lipinski definition) is 2. The van der Waals surface area contributed by atoms with Gasteiger partial charge in [-0.15, -0.1) is 0 Å². The van der Waals surface area contributed by atoms with Gasteiger partial charge in [0.15, 0.2) is 18.9 Å². The average Bonchev–Trinajstić information content (AvgIpc) is 3.70. The maximum absolute atomic E-state index is 13.7. The summed E-state index contributed by atoms with van der Waals surface area (Å²) in [6.07, 6.45) is 0.723. The molecule has 0 spiro atoms. The highest BCUT2D eigenvalue weighted by atomic mass is 16.8. The number of carbonyl (C=O) groups excluding carboxylic acids is 1. The molecule has 6 fully saturated rings. The van der Waals surface area contributed by atoms with E-state index in [1.165, 1.54) is 11.1 Å². The predicted octanol–water partition coefficient (Wildman–Crippen LogP) is 3.66. The summed E-state index contributed by atoms with van der Waals surface area (Å²) in [4.78, 5) is 13.7. The topological polar surface area (TPSA) is 168 Å².